The van der Waals surface area contributed by atoms with E-state index < -0.39 is 0 Å². The smallest absolute Gasteiger partial charge is 0.339 e. The van der Waals surface area contributed by atoms with E-state index in [4.69, 9.17) is 4.74 Å². The zero-order valence-corrected chi connectivity index (χ0v) is 12.7. The van der Waals surface area contributed by atoms with Crippen LogP contribution >= 0.6 is 0 Å². The van der Waals surface area contributed by atoms with E-state index in [0.29, 0.717) is 12.2 Å². The molecular formula is C16H25NO3. The molecule has 1 heterocycles. The largest absolute Gasteiger partial charge is 0.465 e. The molecule has 0 amide bonds. The van der Waals surface area contributed by atoms with Crippen LogP contribution in [0.4, 0.5) is 0 Å². The van der Waals surface area contributed by atoms with Crippen LogP contribution in [-0.4, -0.2) is 24.2 Å². The molecule has 0 fully saturated rings. The molecule has 0 aliphatic rings. The molecule has 0 saturated heterocycles. The molecule has 0 saturated carbocycles. The number of ether oxygens (including phenoxy) is 2. The van der Waals surface area contributed by atoms with E-state index in [9.17, 15) is 4.79 Å². The van der Waals surface area contributed by atoms with Crippen molar-refractivity contribution in [1.29, 1.82) is 0 Å². The molecule has 1 atom stereocenters. The number of nitrogens with zero attached hydrogens (tertiary/aromatic N) is 1. The summed E-state index contributed by atoms with van der Waals surface area (Å²) in [5.74, 6) is -0.366. The van der Waals surface area contributed by atoms with Crippen molar-refractivity contribution in [3.8, 4) is 0 Å². The predicted octanol–water partition coefficient (Wildman–Crippen LogP) is 3.74. The second kappa shape index (κ2) is 9.48. The number of rotatable bonds is 9. The molecule has 1 aromatic rings. The second-order valence-corrected chi connectivity index (χ2v) is 5.00. The number of esters is 1. The van der Waals surface area contributed by atoms with E-state index in [0.717, 1.165) is 12.1 Å². The lowest BCUT2D eigenvalue weighted by molar-refractivity contribution is 0.0438. The summed E-state index contributed by atoms with van der Waals surface area (Å²) in [6.07, 6.45) is 7.89. The summed E-state index contributed by atoms with van der Waals surface area (Å²) in [7, 11) is 1.36. The van der Waals surface area contributed by atoms with Gasteiger partial charge in [0.05, 0.1) is 31.1 Å². The van der Waals surface area contributed by atoms with Crippen molar-refractivity contribution >= 4 is 5.97 Å². The summed E-state index contributed by atoms with van der Waals surface area (Å²) < 4.78 is 10.4. The van der Waals surface area contributed by atoms with Crippen LogP contribution in [0.3, 0.4) is 0 Å². The molecule has 1 unspecified atom stereocenters. The lowest BCUT2D eigenvalue weighted by Crippen LogP contribution is -2.09. The molecule has 0 spiro atoms. The van der Waals surface area contributed by atoms with Gasteiger partial charge in [0.25, 0.3) is 0 Å². The Labute approximate surface area is 121 Å². The average molecular weight is 279 g/mol. The number of methoxy groups -OCH3 is 1. The summed E-state index contributed by atoms with van der Waals surface area (Å²) in [6.45, 7) is 4.79. The van der Waals surface area contributed by atoms with Crippen LogP contribution in [0.5, 0.6) is 0 Å². The molecule has 0 N–H and O–H groups in total. The van der Waals surface area contributed by atoms with E-state index in [-0.39, 0.29) is 12.1 Å². The van der Waals surface area contributed by atoms with E-state index in [1.165, 1.54) is 39.0 Å². The van der Waals surface area contributed by atoms with Gasteiger partial charge in [-0.25, -0.2) is 4.79 Å². The first-order chi connectivity index (χ1) is 9.67. The minimum Gasteiger partial charge on any atom is -0.465 e. The summed E-state index contributed by atoms with van der Waals surface area (Å²) >= 11 is 0. The standard InChI is InChI=1S/C16H25NO3/c1-4-5-6-7-8-13(2)20-12-15-10-9-14(11-17-15)16(18)19-3/h9-11,13H,4-8,12H2,1-3H3. The topological polar surface area (TPSA) is 48.4 Å². The Morgan fingerprint density at radius 3 is 2.70 bits per heavy atom. The second-order valence-electron chi connectivity index (χ2n) is 5.00. The van der Waals surface area contributed by atoms with Gasteiger partial charge in [0.1, 0.15) is 0 Å². The SMILES string of the molecule is CCCCCCC(C)OCc1ccc(C(=O)OC)cn1. The van der Waals surface area contributed by atoms with Crippen molar-refractivity contribution in [3.05, 3.63) is 29.6 Å². The van der Waals surface area contributed by atoms with Gasteiger partial charge in [-0.3, -0.25) is 4.98 Å². The van der Waals surface area contributed by atoms with Crippen LogP contribution in [0.15, 0.2) is 18.3 Å². The van der Waals surface area contributed by atoms with Gasteiger partial charge in [0, 0.05) is 6.20 Å². The molecule has 0 radical (unpaired) electrons. The maximum Gasteiger partial charge on any atom is 0.339 e. The Balaban J connectivity index is 2.29. The summed E-state index contributed by atoms with van der Waals surface area (Å²) in [5, 5.41) is 0. The Bertz CT molecular complexity index is 389. The zero-order valence-electron chi connectivity index (χ0n) is 12.7. The van der Waals surface area contributed by atoms with Crippen LogP contribution in [0, 0.1) is 0 Å². The average Bonchev–Trinajstić information content (AvgIpc) is 2.49. The summed E-state index contributed by atoms with van der Waals surface area (Å²) in [5.41, 5.74) is 1.29. The van der Waals surface area contributed by atoms with E-state index in [2.05, 4.69) is 23.6 Å². The Hall–Kier alpha value is -1.42. The Kier molecular flexibility index (Phi) is 7.88. The van der Waals surface area contributed by atoms with E-state index in [1.807, 2.05) is 0 Å². The third kappa shape index (κ3) is 6.15. The molecule has 0 aliphatic carbocycles. The third-order valence-electron chi connectivity index (χ3n) is 3.23. The lowest BCUT2D eigenvalue weighted by Gasteiger charge is -2.12. The maximum atomic E-state index is 11.3. The molecule has 20 heavy (non-hydrogen) atoms. The Morgan fingerprint density at radius 2 is 2.10 bits per heavy atom. The molecule has 0 aromatic carbocycles. The highest BCUT2D eigenvalue weighted by Crippen LogP contribution is 2.10. The number of aromatic nitrogens is 1. The fourth-order valence-corrected chi connectivity index (χ4v) is 1.92. The summed E-state index contributed by atoms with van der Waals surface area (Å²) in [4.78, 5) is 15.5. The highest BCUT2D eigenvalue weighted by Gasteiger charge is 2.07. The highest BCUT2D eigenvalue weighted by atomic mass is 16.5. The van der Waals surface area contributed by atoms with Gasteiger partial charge in [0.15, 0.2) is 0 Å². The van der Waals surface area contributed by atoms with Crippen LogP contribution in [0.25, 0.3) is 0 Å². The van der Waals surface area contributed by atoms with Crippen molar-refractivity contribution < 1.29 is 14.3 Å². The lowest BCUT2D eigenvalue weighted by atomic mass is 10.1. The normalized spacial score (nSPS) is 12.2. The predicted molar refractivity (Wildman–Crippen MR) is 78.6 cm³/mol. The maximum absolute atomic E-state index is 11.3. The van der Waals surface area contributed by atoms with Crippen LogP contribution in [0.2, 0.25) is 0 Å². The van der Waals surface area contributed by atoms with Gasteiger partial charge < -0.3 is 9.47 Å². The van der Waals surface area contributed by atoms with Gasteiger partial charge in [-0.05, 0) is 25.5 Å². The first-order valence-electron chi connectivity index (χ1n) is 7.32. The summed E-state index contributed by atoms with van der Waals surface area (Å²) in [6, 6.07) is 3.51. The number of pyridine rings is 1. The Morgan fingerprint density at radius 1 is 1.30 bits per heavy atom. The van der Waals surface area contributed by atoms with Gasteiger partial charge >= 0.3 is 5.97 Å². The molecule has 0 aliphatic heterocycles. The van der Waals surface area contributed by atoms with Gasteiger partial charge in [-0.1, -0.05) is 32.6 Å². The number of unbranched alkanes of at least 4 members (excludes halogenated alkanes) is 3. The third-order valence-corrected chi connectivity index (χ3v) is 3.23. The monoisotopic (exact) mass is 279 g/mol. The molecular weight excluding hydrogens is 254 g/mol. The van der Waals surface area contributed by atoms with Crippen LogP contribution in [-0.2, 0) is 16.1 Å². The van der Waals surface area contributed by atoms with Crippen molar-refractivity contribution in [3.63, 3.8) is 0 Å². The molecule has 1 rings (SSSR count). The minimum atomic E-state index is -0.366. The quantitative estimate of drug-likeness (QED) is 0.510. The first-order valence-corrected chi connectivity index (χ1v) is 7.32. The van der Waals surface area contributed by atoms with Gasteiger partial charge in [-0.15, -0.1) is 0 Å². The number of carbonyl (C=O) groups is 1. The van der Waals surface area contributed by atoms with E-state index >= 15 is 0 Å². The molecule has 112 valence electrons. The fourth-order valence-electron chi connectivity index (χ4n) is 1.92. The molecule has 4 nitrogen and oxygen atoms in total. The van der Waals surface area contributed by atoms with Crippen molar-refractivity contribution in [1.82, 2.24) is 4.98 Å². The van der Waals surface area contributed by atoms with Crippen LogP contribution < -0.4 is 0 Å². The zero-order chi connectivity index (χ0) is 14.8. The van der Waals surface area contributed by atoms with E-state index in [1.54, 1.807) is 12.1 Å². The van der Waals surface area contributed by atoms with Crippen molar-refractivity contribution in [2.45, 2.75) is 58.7 Å². The first kappa shape index (κ1) is 16.6. The number of hydrogen-bond acceptors (Lipinski definition) is 4. The van der Waals surface area contributed by atoms with Gasteiger partial charge in [-0.2, -0.15) is 0 Å². The van der Waals surface area contributed by atoms with Crippen LogP contribution in [0.1, 0.15) is 62.0 Å². The fraction of sp³-hybridized carbons (Fsp3) is 0.625. The molecule has 0 bridgehead atoms. The number of carbonyl (C=O) groups excluding carboxylic acids is 1. The molecule has 1 aromatic heterocycles. The van der Waals surface area contributed by atoms with Crippen molar-refractivity contribution in [2.75, 3.05) is 7.11 Å². The molecule has 4 heteroatoms. The number of hydrogen-bond donors (Lipinski definition) is 0. The highest BCUT2D eigenvalue weighted by molar-refractivity contribution is 5.88. The van der Waals surface area contributed by atoms with Gasteiger partial charge in [0.2, 0.25) is 0 Å². The minimum absolute atomic E-state index is 0.244. The van der Waals surface area contributed by atoms with Crippen molar-refractivity contribution in [2.24, 2.45) is 0 Å².